The van der Waals surface area contributed by atoms with Crippen molar-refractivity contribution in [2.45, 2.75) is 25.7 Å². The molecule has 13 heavy (non-hydrogen) atoms. The lowest BCUT2D eigenvalue weighted by Gasteiger charge is -2.34. The maximum Gasteiger partial charge on any atom is 0.309 e. The van der Waals surface area contributed by atoms with E-state index in [4.69, 9.17) is 5.11 Å². The van der Waals surface area contributed by atoms with Crippen LogP contribution in [-0.2, 0) is 4.79 Å². The Balaban J connectivity index is 0.000000845. The van der Waals surface area contributed by atoms with Crippen molar-refractivity contribution >= 4 is 18.4 Å². The summed E-state index contributed by atoms with van der Waals surface area (Å²) >= 11 is 0. The van der Waals surface area contributed by atoms with Gasteiger partial charge in [-0.2, -0.15) is 0 Å². The highest BCUT2D eigenvalue weighted by atomic mass is 35.5. The topological polar surface area (TPSA) is 40.5 Å². The predicted octanol–water partition coefficient (Wildman–Crippen LogP) is 1.37. The number of carbonyl (C=O) groups is 1. The number of carboxylic acid groups (broad SMARTS) is 1. The van der Waals surface area contributed by atoms with Gasteiger partial charge in [-0.15, -0.1) is 12.4 Å². The molecule has 0 radical (unpaired) electrons. The van der Waals surface area contributed by atoms with Gasteiger partial charge in [-0.1, -0.05) is 0 Å². The molecule has 3 fully saturated rings. The van der Waals surface area contributed by atoms with E-state index >= 15 is 0 Å². The second kappa shape index (κ2) is 3.84. The first kappa shape index (κ1) is 10.8. The zero-order valence-electron chi connectivity index (χ0n) is 7.66. The number of aliphatic carboxylic acids is 1. The van der Waals surface area contributed by atoms with Gasteiger partial charge in [0.25, 0.3) is 0 Å². The predicted molar refractivity (Wildman–Crippen MR) is 52.2 cm³/mol. The van der Waals surface area contributed by atoms with Crippen LogP contribution in [-0.4, -0.2) is 35.6 Å². The minimum absolute atomic E-state index is 0. The van der Waals surface area contributed by atoms with Crippen molar-refractivity contribution in [3.8, 4) is 0 Å². The minimum atomic E-state index is -0.566. The molecule has 0 aromatic rings. The normalized spacial score (nSPS) is 37.7. The number of carboxylic acids is 1. The molecule has 0 amide bonds. The Bertz CT molecular complexity index is 194. The van der Waals surface area contributed by atoms with Gasteiger partial charge in [-0.3, -0.25) is 4.79 Å². The quantitative estimate of drug-likeness (QED) is 0.703. The monoisotopic (exact) mass is 205 g/mol. The third kappa shape index (κ3) is 1.81. The van der Waals surface area contributed by atoms with Crippen LogP contribution in [0.25, 0.3) is 0 Å². The lowest BCUT2D eigenvalue weighted by atomic mass is 9.77. The van der Waals surface area contributed by atoms with Crippen molar-refractivity contribution in [3.63, 3.8) is 0 Å². The van der Waals surface area contributed by atoms with Crippen LogP contribution >= 0.6 is 12.4 Å². The van der Waals surface area contributed by atoms with E-state index in [1.165, 1.54) is 0 Å². The molecule has 3 aliphatic heterocycles. The minimum Gasteiger partial charge on any atom is -0.481 e. The highest BCUT2D eigenvalue weighted by Gasteiger charge is 2.42. The zero-order chi connectivity index (χ0) is 8.60. The average Bonchev–Trinajstić information content (AvgIpc) is 2.37. The van der Waals surface area contributed by atoms with Crippen LogP contribution in [0.5, 0.6) is 0 Å². The van der Waals surface area contributed by atoms with E-state index in [9.17, 15) is 4.79 Å². The SMILES string of the molecule is Cl.O=C(O)C12CCCN(CC1)CC2. The van der Waals surface area contributed by atoms with Crippen molar-refractivity contribution in [2.75, 3.05) is 19.6 Å². The van der Waals surface area contributed by atoms with Crippen molar-refractivity contribution in [3.05, 3.63) is 0 Å². The molecule has 0 spiro atoms. The molecule has 0 aromatic heterocycles. The lowest BCUT2D eigenvalue weighted by molar-refractivity contribution is -0.151. The fourth-order valence-electron chi connectivity index (χ4n) is 2.42. The molecule has 0 aliphatic carbocycles. The van der Waals surface area contributed by atoms with Gasteiger partial charge >= 0.3 is 5.97 Å². The summed E-state index contributed by atoms with van der Waals surface area (Å²) in [4.78, 5) is 13.4. The summed E-state index contributed by atoms with van der Waals surface area (Å²) in [6.07, 6.45) is 3.68. The van der Waals surface area contributed by atoms with Gasteiger partial charge in [0.15, 0.2) is 0 Å². The van der Waals surface area contributed by atoms with Crippen LogP contribution in [0.3, 0.4) is 0 Å². The van der Waals surface area contributed by atoms with Gasteiger partial charge in [0.1, 0.15) is 0 Å². The molecular weight excluding hydrogens is 190 g/mol. The zero-order valence-corrected chi connectivity index (χ0v) is 8.48. The summed E-state index contributed by atoms with van der Waals surface area (Å²) in [5.41, 5.74) is -0.354. The van der Waals surface area contributed by atoms with E-state index in [1.807, 2.05) is 0 Å². The maximum atomic E-state index is 11.1. The molecule has 3 rings (SSSR count). The second-order valence-electron chi connectivity index (χ2n) is 4.03. The molecule has 4 heteroatoms. The van der Waals surface area contributed by atoms with Crippen molar-refractivity contribution < 1.29 is 9.90 Å². The van der Waals surface area contributed by atoms with Crippen molar-refractivity contribution in [2.24, 2.45) is 5.41 Å². The van der Waals surface area contributed by atoms with Gasteiger partial charge in [-0.05, 0) is 45.3 Å². The molecular formula is C9H16ClNO2. The van der Waals surface area contributed by atoms with Crippen LogP contribution in [0.4, 0.5) is 0 Å². The number of fused-ring (bicyclic) bond motifs is 4. The summed E-state index contributed by atoms with van der Waals surface area (Å²) in [5.74, 6) is -0.566. The van der Waals surface area contributed by atoms with E-state index < -0.39 is 5.97 Å². The van der Waals surface area contributed by atoms with E-state index in [2.05, 4.69) is 4.90 Å². The number of piperidine rings is 1. The van der Waals surface area contributed by atoms with E-state index in [0.717, 1.165) is 45.3 Å². The largest absolute Gasteiger partial charge is 0.481 e. The molecule has 3 nitrogen and oxygen atoms in total. The van der Waals surface area contributed by atoms with Crippen molar-refractivity contribution in [1.82, 2.24) is 4.90 Å². The van der Waals surface area contributed by atoms with Crippen LogP contribution in [0.15, 0.2) is 0 Å². The van der Waals surface area contributed by atoms with Crippen LogP contribution in [0.2, 0.25) is 0 Å². The van der Waals surface area contributed by atoms with E-state index in [0.29, 0.717) is 0 Å². The molecule has 0 unspecified atom stereocenters. The lowest BCUT2D eigenvalue weighted by Crippen LogP contribution is -2.40. The van der Waals surface area contributed by atoms with Crippen LogP contribution in [0.1, 0.15) is 25.7 Å². The molecule has 76 valence electrons. The van der Waals surface area contributed by atoms with Gasteiger partial charge in [0.05, 0.1) is 5.41 Å². The van der Waals surface area contributed by atoms with Gasteiger partial charge in [-0.25, -0.2) is 0 Å². The Morgan fingerprint density at radius 2 is 1.77 bits per heavy atom. The highest BCUT2D eigenvalue weighted by molar-refractivity contribution is 5.85. The fourth-order valence-corrected chi connectivity index (χ4v) is 2.42. The van der Waals surface area contributed by atoms with Crippen molar-refractivity contribution in [1.29, 1.82) is 0 Å². The number of hydrogen-bond donors (Lipinski definition) is 1. The van der Waals surface area contributed by atoms with E-state index in [-0.39, 0.29) is 17.8 Å². The molecule has 0 saturated carbocycles. The fraction of sp³-hybridized carbons (Fsp3) is 0.889. The number of rotatable bonds is 1. The third-order valence-electron chi connectivity index (χ3n) is 3.40. The first-order valence-electron chi connectivity index (χ1n) is 4.69. The summed E-state index contributed by atoms with van der Waals surface area (Å²) in [5, 5.41) is 9.12. The summed E-state index contributed by atoms with van der Waals surface area (Å²) in [7, 11) is 0. The maximum absolute atomic E-state index is 11.1. The summed E-state index contributed by atoms with van der Waals surface area (Å²) in [6, 6.07) is 0. The van der Waals surface area contributed by atoms with Gasteiger partial charge in [0, 0.05) is 0 Å². The smallest absolute Gasteiger partial charge is 0.309 e. The first-order chi connectivity index (χ1) is 5.73. The molecule has 3 aliphatic rings. The van der Waals surface area contributed by atoms with Gasteiger partial charge in [0.2, 0.25) is 0 Å². The second-order valence-corrected chi connectivity index (χ2v) is 4.03. The Labute approximate surface area is 84.5 Å². The molecule has 2 bridgehead atoms. The molecule has 0 aromatic carbocycles. The first-order valence-corrected chi connectivity index (χ1v) is 4.69. The molecule has 3 saturated heterocycles. The Hall–Kier alpha value is -0.280. The van der Waals surface area contributed by atoms with Gasteiger partial charge < -0.3 is 10.0 Å². The third-order valence-corrected chi connectivity index (χ3v) is 3.40. The van der Waals surface area contributed by atoms with Crippen LogP contribution in [0, 0.1) is 5.41 Å². The molecule has 3 heterocycles. The van der Waals surface area contributed by atoms with Crippen LogP contribution < -0.4 is 0 Å². The Morgan fingerprint density at radius 3 is 2.31 bits per heavy atom. The number of hydrogen-bond acceptors (Lipinski definition) is 2. The molecule has 0 atom stereocenters. The highest BCUT2D eigenvalue weighted by Crippen LogP contribution is 2.39. The standard InChI is InChI=1S/C9H15NO2.ClH/c11-8(12)9-2-1-5-10(6-3-9)7-4-9;/h1-7H2,(H,11,12);1H. The summed E-state index contributed by atoms with van der Waals surface area (Å²) < 4.78 is 0. The number of halogens is 1. The Morgan fingerprint density at radius 1 is 1.15 bits per heavy atom. The summed E-state index contributed by atoms with van der Waals surface area (Å²) in [6.45, 7) is 3.09. The average molecular weight is 206 g/mol. The number of nitrogens with zero attached hydrogens (tertiary/aromatic N) is 1. The molecule has 1 N–H and O–H groups in total. The Kier molecular flexibility index (Phi) is 3.19. The van der Waals surface area contributed by atoms with E-state index in [1.54, 1.807) is 0 Å².